The summed E-state index contributed by atoms with van der Waals surface area (Å²) in [6.07, 6.45) is -8.77. The molecule has 0 spiro atoms. The molecule has 0 aromatic rings. The van der Waals surface area contributed by atoms with E-state index in [0.29, 0.717) is 0 Å². The quantitative estimate of drug-likeness (QED) is 0.0419. The van der Waals surface area contributed by atoms with Crippen molar-refractivity contribution in [2.75, 3.05) is 0 Å². The maximum atomic E-state index is 13.2. The summed E-state index contributed by atoms with van der Waals surface area (Å²) in [5.74, 6) is -20.7. The molecule has 0 radical (unpaired) electrons. The molecule has 0 aliphatic heterocycles. The molecule has 0 fully saturated rings. The molecule has 0 aromatic heterocycles. The highest BCUT2D eigenvalue weighted by Gasteiger charge is 2.36. The Morgan fingerprint density at radius 2 is 0.700 bits per heavy atom. The molecule has 0 aromatic carbocycles. The Bertz CT molecular complexity index is 1380. The van der Waals surface area contributed by atoms with Crippen LogP contribution in [0.2, 0.25) is 0 Å². The van der Waals surface area contributed by atoms with Gasteiger partial charge in [-0.3, -0.25) is 57.5 Å². The Hall–Kier alpha value is -5.80. The van der Waals surface area contributed by atoms with Crippen molar-refractivity contribution in [3.63, 3.8) is 0 Å². The molecule has 22 heteroatoms. The van der Waals surface area contributed by atoms with Gasteiger partial charge in [-0.1, -0.05) is 6.92 Å². The number of carboxylic acid groups (broad SMARTS) is 6. The molecular weight excluding hydrogens is 680 g/mol. The maximum Gasteiger partial charge on any atom is 0.305 e. The highest BCUT2D eigenvalue weighted by molar-refractivity contribution is 6.00. The highest BCUT2D eigenvalue weighted by atomic mass is 16.4. The number of nitrogens with two attached hydrogens (primary N) is 1. The highest BCUT2D eigenvalue weighted by Crippen LogP contribution is 2.17. The van der Waals surface area contributed by atoms with E-state index in [1.54, 1.807) is 0 Å². The molecule has 0 rings (SSSR count). The topological polar surface area (TPSA) is 388 Å². The van der Waals surface area contributed by atoms with E-state index in [2.05, 4.69) is 0 Å². The van der Waals surface area contributed by atoms with Gasteiger partial charge in [0, 0.05) is 19.3 Å². The van der Waals surface area contributed by atoms with Crippen molar-refractivity contribution in [1.29, 1.82) is 0 Å². The molecule has 0 saturated heterocycles. The van der Waals surface area contributed by atoms with E-state index in [9.17, 15) is 78.0 Å². The van der Waals surface area contributed by atoms with E-state index >= 15 is 0 Å². The Morgan fingerprint density at radius 3 is 0.980 bits per heavy atom. The van der Waals surface area contributed by atoms with E-state index in [0.717, 1.165) is 0 Å². The van der Waals surface area contributed by atoms with Crippen LogP contribution in [-0.4, -0.2) is 126 Å². The summed E-state index contributed by atoms with van der Waals surface area (Å²) in [7, 11) is 0. The number of nitrogens with one attached hydrogen (secondary N) is 3. The molecule has 0 bridgehead atoms. The summed E-state index contributed by atoms with van der Waals surface area (Å²) < 4.78 is 0. The lowest BCUT2D eigenvalue weighted by atomic mass is 9.91. The molecular formula is C28H38N4O18. The van der Waals surface area contributed by atoms with Crippen molar-refractivity contribution >= 4 is 70.9 Å². The Balaban J connectivity index is 6.24. The van der Waals surface area contributed by atoms with Gasteiger partial charge >= 0.3 is 35.8 Å². The minimum atomic E-state index is -2.06. The van der Waals surface area contributed by atoms with Crippen LogP contribution in [0.1, 0.15) is 64.7 Å². The third-order valence-electron chi connectivity index (χ3n) is 6.81. The number of amides is 3. The predicted molar refractivity (Wildman–Crippen MR) is 159 cm³/mol. The molecule has 22 nitrogen and oxygen atoms in total. The molecule has 3 amide bonds. The van der Waals surface area contributed by atoms with Gasteiger partial charge in [-0.05, 0) is 0 Å². The third-order valence-corrected chi connectivity index (χ3v) is 6.81. The fourth-order valence-electron chi connectivity index (χ4n) is 4.35. The first-order valence-corrected chi connectivity index (χ1v) is 14.6. The van der Waals surface area contributed by atoms with E-state index in [1.807, 2.05) is 16.0 Å². The lowest BCUT2D eigenvalue weighted by Crippen LogP contribution is -2.51. The molecule has 0 saturated carbocycles. The summed E-state index contributed by atoms with van der Waals surface area (Å²) in [4.78, 5) is 144. The third kappa shape index (κ3) is 17.4. The number of rotatable bonds is 26. The van der Waals surface area contributed by atoms with E-state index in [4.69, 9.17) is 15.9 Å². The fraction of sp³-hybridized carbons (Fsp3) is 0.571. The van der Waals surface area contributed by atoms with Gasteiger partial charge in [0.2, 0.25) is 17.7 Å². The zero-order valence-electron chi connectivity index (χ0n) is 26.5. The van der Waals surface area contributed by atoms with E-state index in [-0.39, 0.29) is 6.42 Å². The smallest absolute Gasteiger partial charge is 0.305 e. The van der Waals surface area contributed by atoms with Gasteiger partial charge in [-0.15, -0.1) is 0 Å². The minimum absolute atomic E-state index is 0.227. The average Bonchev–Trinajstić information content (AvgIpc) is 2.97. The Morgan fingerprint density at radius 1 is 0.420 bits per heavy atom. The van der Waals surface area contributed by atoms with Gasteiger partial charge in [0.25, 0.3) is 0 Å². The number of hydrogen-bond donors (Lipinski definition) is 10. The number of ketones is 3. The Kier molecular flexibility index (Phi) is 18.8. The second kappa shape index (κ2) is 21.2. The number of Topliss-reactive ketones (excluding diaryl/α,β-unsaturated/α-hetero) is 3. The van der Waals surface area contributed by atoms with E-state index in [1.165, 1.54) is 6.92 Å². The number of aliphatic carboxylic acids is 6. The molecule has 0 aliphatic carbocycles. The van der Waals surface area contributed by atoms with Gasteiger partial charge < -0.3 is 52.3 Å². The second-order valence-electron chi connectivity index (χ2n) is 10.9. The number of carbonyl (C=O) groups is 12. The first-order chi connectivity index (χ1) is 23.1. The first kappa shape index (κ1) is 44.2. The van der Waals surface area contributed by atoms with Gasteiger partial charge in [0.05, 0.1) is 74.5 Å². The van der Waals surface area contributed by atoms with Crippen LogP contribution in [0.25, 0.3) is 0 Å². The van der Waals surface area contributed by atoms with Crippen LogP contribution < -0.4 is 21.7 Å². The van der Waals surface area contributed by atoms with Gasteiger partial charge in [-0.25, -0.2) is 0 Å². The van der Waals surface area contributed by atoms with Crippen LogP contribution in [0, 0.1) is 11.8 Å². The van der Waals surface area contributed by atoms with Crippen molar-refractivity contribution in [2.24, 2.45) is 17.6 Å². The molecule has 0 heterocycles. The van der Waals surface area contributed by atoms with Gasteiger partial charge in [0.1, 0.15) is 0 Å². The summed E-state index contributed by atoms with van der Waals surface area (Å²) >= 11 is 0. The Labute approximate surface area is 281 Å². The monoisotopic (exact) mass is 718 g/mol. The molecule has 0 aliphatic rings. The van der Waals surface area contributed by atoms with Crippen LogP contribution in [0.5, 0.6) is 0 Å². The normalized spacial score (nSPS) is 14.3. The average molecular weight is 719 g/mol. The first-order valence-electron chi connectivity index (χ1n) is 14.6. The number of carboxylic acids is 6. The van der Waals surface area contributed by atoms with Crippen LogP contribution in [0.3, 0.4) is 0 Å². The lowest BCUT2D eigenvalue weighted by Gasteiger charge is -2.24. The van der Waals surface area contributed by atoms with Gasteiger partial charge in [0.15, 0.2) is 17.3 Å². The molecule has 11 N–H and O–H groups in total. The maximum absolute atomic E-state index is 13.2. The van der Waals surface area contributed by atoms with Crippen molar-refractivity contribution in [2.45, 2.75) is 88.9 Å². The van der Waals surface area contributed by atoms with E-state index < -0.39 is 158 Å². The van der Waals surface area contributed by atoms with Crippen molar-refractivity contribution in [1.82, 2.24) is 16.0 Å². The molecule has 278 valence electrons. The number of carbonyl (C=O) groups excluding carboxylic acids is 6. The van der Waals surface area contributed by atoms with Gasteiger partial charge in [-0.2, -0.15) is 0 Å². The van der Waals surface area contributed by atoms with Crippen LogP contribution in [-0.2, 0) is 57.5 Å². The van der Waals surface area contributed by atoms with Crippen LogP contribution in [0.4, 0.5) is 0 Å². The predicted octanol–water partition coefficient (Wildman–Crippen LogP) is -3.25. The standard InChI is InChI=1S/C28H38N4O18/c1-2-17(33)14(8-23(42)43)30-26(48)11(5-20(36)37)3-18(34)15(9-24(44)45)31-27(49)12(6-21(38)39)4-19(35)16(10-25(46)47)32-28(50)13(29)7-22(40)41/h11-16H,2-10,29H2,1H3,(H,30,48)(H,31,49)(H,32,50)(H,36,37)(H,38,39)(H,40,41)(H,42,43)(H,44,45)(H,46,47)/t11-,12-,13-,14-,15-,16-/m0/s1. The fourth-order valence-corrected chi connectivity index (χ4v) is 4.35. The SMILES string of the molecule is CCC(=O)[C@H](CC(=O)O)NC(=O)[C@H](CC(=O)O)CC(=O)[C@H](CC(=O)O)NC(=O)[C@H](CC(=O)O)CC(=O)[C@H](CC(=O)O)NC(=O)[C@@H](N)CC(=O)O. The second-order valence-corrected chi connectivity index (χ2v) is 10.9. The zero-order chi connectivity index (χ0) is 38.9. The summed E-state index contributed by atoms with van der Waals surface area (Å²) in [5.41, 5.74) is 5.41. The minimum Gasteiger partial charge on any atom is -0.481 e. The lowest BCUT2D eigenvalue weighted by molar-refractivity contribution is -0.146. The summed E-state index contributed by atoms with van der Waals surface area (Å²) in [5, 5.41) is 60.8. The number of hydrogen-bond acceptors (Lipinski definition) is 13. The van der Waals surface area contributed by atoms with Crippen molar-refractivity contribution in [3.8, 4) is 0 Å². The van der Waals surface area contributed by atoms with Crippen LogP contribution in [0.15, 0.2) is 0 Å². The summed E-state index contributed by atoms with van der Waals surface area (Å²) in [6.45, 7) is 1.35. The summed E-state index contributed by atoms with van der Waals surface area (Å²) in [6, 6.07) is -7.35. The van der Waals surface area contributed by atoms with Crippen LogP contribution >= 0.6 is 0 Å². The molecule has 50 heavy (non-hydrogen) atoms. The van der Waals surface area contributed by atoms with Crippen molar-refractivity contribution < 1.29 is 88.2 Å². The largest absolute Gasteiger partial charge is 0.481 e. The zero-order valence-corrected chi connectivity index (χ0v) is 26.5. The molecule has 0 unspecified atom stereocenters. The van der Waals surface area contributed by atoms with Crippen molar-refractivity contribution in [3.05, 3.63) is 0 Å². The molecule has 6 atom stereocenters.